The van der Waals surface area contributed by atoms with Crippen LogP contribution in [-0.4, -0.2) is 38.0 Å². The summed E-state index contributed by atoms with van der Waals surface area (Å²) in [7, 11) is 0. The zero-order valence-electron chi connectivity index (χ0n) is 14.3. The highest BCUT2D eigenvalue weighted by Gasteiger charge is 2.35. The highest BCUT2D eigenvalue weighted by atomic mass is 32.1. The van der Waals surface area contributed by atoms with Gasteiger partial charge in [-0.2, -0.15) is 0 Å². The molecule has 0 fully saturated rings. The Morgan fingerprint density at radius 1 is 1.20 bits per heavy atom. The van der Waals surface area contributed by atoms with Crippen LogP contribution in [0.25, 0.3) is 0 Å². The Morgan fingerprint density at radius 3 is 2.84 bits per heavy atom. The maximum atomic E-state index is 12.3. The van der Waals surface area contributed by atoms with E-state index in [9.17, 15) is 9.59 Å². The first-order chi connectivity index (χ1) is 12.2. The Labute approximate surface area is 156 Å². The molecule has 0 saturated carbocycles. The summed E-state index contributed by atoms with van der Waals surface area (Å²) in [6, 6.07) is 6.63. The van der Waals surface area contributed by atoms with Gasteiger partial charge in [0.15, 0.2) is 6.54 Å². The first-order valence-electron chi connectivity index (χ1n) is 8.66. The van der Waals surface area contributed by atoms with E-state index in [1.54, 1.807) is 22.7 Å². The van der Waals surface area contributed by atoms with E-state index in [4.69, 9.17) is 0 Å². The number of thiophene rings is 2. The number of fused-ring (bicyclic) bond motifs is 1. The van der Waals surface area contributed by atoms with E-state index in [-0.39, 0.29) is 24.4 Å². The Balaban J connectivity index is 1.63. The highest BCUT2D eigenvalue weighted by Crippen LogP contribution is 2.31. The van der Waals surface area contributed by atoms with Crippen molar-refractivity contribution in [2.24, 2.45) is 0 Å². The molecule has 0 radical (unpaired) electrons. The van der Waals surface area contributed by atoms with Crippen LogP contribution in [0.4, 0.5) is 0 Å². The number of nitrogens with one attached hydrogen (secondary N) is 3. The zero-order chi connectivity index (χ0) is 17.6. The van der Waals surface area contributed by atoms with Gasteiger partial charge in [0, 0.05) is 23.4 Å². The predicted molar refractivity (Wildman–Crippen MR) is 101 cm³/mol. The van der Waals surface area contributed by atoms with Crippen LogP contribution >= 0.6 is 22.7 Å². The van der Waals surface area contributed by atoms with Crippen molar-refractivity contribution >= 4 is 34.5 Å². The summed E-state index contributed by atoms with van der Waals surface area (Å²) in [6.45, 7) is 4.03. The third kappa shape index (κ3) is 4.48. The topological polar surface area (TPSA) is 62.6 Å². The highest BCUT2D eigenvalue weighted by molar-refractivity contribution is 7.10. The predicted octanol–water partition coefficient (Wildman–Crippen LogP) is 0.982. The molecule has 3 rings (SSSR count). The van der Waals surface area contributed by atoms with Crippen molar-refractivity contribution in [3.63, 3.8) is 0 Å². The number of quaternary nitrogens is 1. The average Bonchev–Trinajstić information content (AvgIpc) is 3.29. The molecule has 0 aromatic carbocycles. The van der Waals surface area contributed by atoms with E-state index in [1.807, 2.05) is 6.92 Å². The third-order valence-corrected chi connectivity index (χ3v) is 6.34. The number of carbonyl (C=O) groups excluding carboxylic acids is 2. The van der Waals surface area contributed by atoms with Crippen molar-refractivity contribution in [2.45, 2.75) is 25.8 Å². The average molecular weight is 379 g/mol. The number of amides is 2. The molecule has 1 aliphatic heterocycles. The largest absolute Gasteiger partial charge is 0.355 e. The molecule has 2 amide bonds. The first-order valence-corrected chi connectivity index (χ1v) is 10.4. The van der Waals surface area contributed by atoms with Gasteiger partial charge >= 0.3 is 0 Å². The lowest BCUT2D eigenvalue weighted by molar-refractivity contribution is -0.919. The quantitative estimate of drug-likeness (QED) is 0.673. The van der Waals surface area contributed by atoms with E-state index < -0.39 is 0 Å². The molecule has 2 atom stereocenters. The second-order valence-corrected chi connectivity index (χ2v) is 8.19. The molecule has 0 saturated heterocycles. The molecule has 1 aliphatic rings. The van der Waals surface area contributed by atoms with E-state index in [0.29, 0.717) is 13.1 Å². The smallest absolute Gasteiger partial charge is 0.275 e. The first kappa shape index (κ1) is 18.1. The van der Waals surface area contributed by atoms with E-state index in [1.165, 1.54) is 20.2 Å². The molecule has 134 valence electrons. The lowest BCUT2D eigenvalue weighted by Crippen LogP contribution is -3.14. The Kier molecular flexibility index (Phi) is 6.23. The van der Waals surface area contributed by atoms with Crippen LogP contribution in [0.15, 0.2) is 29.0 Å². The van der Waals surface area contributed by atoms with Gasteiger partial charge < -0.3 is 15.5 Å². The monoisotopic (exact) mass is 378 g/mol. The summed E-state index contributed by atoms with van der Waals surface area (Å²) >= 11 is 3.55. The number of hydrogen-bond acceptors (Lipinski definition) is 4. The van der Waals surface area contributed by atoms with Crippen LogP contribution < -0.4 is 15.5 Å². The number of hydrogen-bond donors (Lipinski definition) is 3. The van der Waals surface area contributed by atoms with Crippen molar-refractivity contribution in [3.05, 3.63) is 44.3 Å². The molecule has 3 heterocycles. The zero-order valence-corrected chi connectivity index (χ0v) is 16.0. The van der Waals surface area contributed by atoms with Gasteiger partial charge in [-0.05, 0) is 29.3 Å². The van der Waals surface area contributed by atoms with Crippen LogP contribution in [0.5, 0.6) is 0 Å². The summed E-state index contributed by atoms with van der Waals surface area (Å²) in [4.78, 5) is 28.0. The lowest BCUT2D eigenvalue weighted by atomic mass is 9.98. The molecule has 5 nitrogen and oxygen atoms in total. The Hall–Kier alpha value is -1.70. The molecule has 0 aliphatic carbocycles. The minimum atomic E-state index is -0.126. The van der Waals surface area contributed by atoms with Crippen molar-refractivity contribution < 1.29 is 14.5 Å². The van der Waals surface area contributed by atoms with Gasteiger partial charge in [-0.25, -0.2) is 0 Å². The van der Waals surface area contributed by atoms with Gasteiger partial charge in [-0.3, -0.25) is 9.59 Å². The lowest BCUT2D eigenvalue weighted by Gasteiger charge is -2.31. The fraction of sp³-hybridized carbons (Fsp3) is 0.444. The molecule has 25 heavy (non-hydrogen) atoms. The summed E-state index contributed by atoms with van der Waals surface area (Å²) < 4.78 is 0. The third-order valence-electron chi connectivity index (χ3n) is 4.41. The molecule has 7 heteroatoms. The molecular formula is C18H24N3O2S2+. The van der Waals surface area contributed by atoms with Gasteiger partial charge in [0.05, 0.1) is 18.0 Å². The fourth-order valence-electron chi connectivity index (χ4n) is 3.22. The summed E-state index contributed by atoms with van der Waals surface area (Å²) in [5, 5.41) is 9.77. The van der Waals surface area contributed by atoms with Crippen molar-refractivity contribution in [1.29, 1.82) is 0 Å². The number of rotatable bonds is 7. The molecule has 2 aromatic heterocycles. The van der Waals surface area contributed by atoms with Crippen LogP contribution in [0.3, 0.4) is 0 Å². The Bertz CT molecular complexity index is 712. The standard InChI is InChI=1S/C18H23N3O2S2/c1-2-7-19-16(22)11-20-17(23)12-21-8-5-14-13(6-10-25-14)18(21)15-4-3-9-24-15/h3-4,6,9-10,18H,2,5,7-8,11-12H2,1H3,(H,19,22)(H,20,23)/p+1/t18-/m1/s1. The normalized spacial score (nSPS) is 19.2. The molecule has 1 unspecified atom stereocenters. The van der Waals surface area contributed by atoms with Crippen molar-refractivity contribution in [3.8, 4) is 0 Å². The second kappa shape index (κ2) is 8.60. The van der Waals surface area contributed by atoms with Gasteiger partial charge in [-0.15, -0.1) is 22.7 Å². The van der Waals surface area contributed by atoms with Gasteiger partial charge in [0.1, 0.15) is 6.04 Å². The van der Waals surface area contributed by atoms with Crippen LogP contribution in [-0.2, 0) is 16.0 Å². The van der Waals surface area contributed by atoms with E-state index in [2.05, 4.69) is 39.6 Å². The van der Waals surface area contributed by atoms with Crippen LogP contribution in [0.2, 0.25) is 0 Å². The minimum Gasteiger partial charge on any atom is -0.355 e. The van der Waals surface area contributed by atoms with E-state index in [0.717, 1.165) is 19.4 Å². The van der Waals surface area contributed by atoms with E-state index >= 15 is 0 Å². The van der Waals surface area contributed by atoms with Crippen molar-refractivity contribution in [2.75, 3.05) is 26.2 Å². The maximum absolute atomic E-state index is 12.3. The summed E-state index contributed by atoms with van der Waals surface area (Å²) in [5.74, 6) is -0.194. The number of carbonyl (C=O) groups is 2. The molecule has 2 aromatic rings. The van der Waals surface area contributed by atoms with Gasteiger partial charge in [-0.1, -0.05) is 13.0 Å². The molecule has 3 N–H and O–H groups in total. The van der Waals surface area contributed by atoms with Crippen LogP contribution in [0, 0.1) is 0 Å². The summed E-state index contributed by atoms with van der Waals surface area (Å²) in [6.07, 6.45) is 1.90. The summed E-state index contributed by atoms with van der Waals surface area (Å²) in [5.41, 5.74) is 1.35. The van der Waals surface area contributed by atoms with Gasteiger partial charge in [0.2, 0.25) is 5.91 Å². The molecular weight excluding hydrogens is 354 g/mol. The molecule has 0 bridgehead atoms. The maximum Gasteiger partial charge on any atom is 0.275 e. The van der Waals surface area contributed by atoms with Crippen LogP contribution in [0.1, 0.15) is 34.7 Å². The SMILES string of the molecule is CCCNC(=O)CNC(=O)C[NH+]1CCc2sccc2[C@@H]1c1cccs1. The minimum absolute atomic E-state index is 0.0550. The van der Waals surface area contributed by atoms with Gasteiger partial charge in [0.25, 0.3) is 5.91 Å². The van der Waals surface area contributed by atoms with Crippen molar-refractivity contribution in [1.82, 2.24) is 10.6 Å². The Morgan fingerprint density at radius 2 is 2.08 bits per heavy atom. The fourth-order valence-corrected chi connectivity index (χ4v) is 5.05. The molecule has 0 spiro atoms. The second-order valence-electron chi connectivity index (χ2n) is 6.21.